The number of alkyl halides is 3. The molecule has 1 N–H and O–H groups in total. The molecule has 31 heavy (non-hydrogen) atoms. The lowest BCUT2D eigenvalue weighted by molar-refractivity contribution is -0.129. The lowest BCUT2D eigenvalue weighted by atomic mass is 10.2. The Morgan fingerprint density at radius 2 is 2.13 bits per heavy atom. The molecule has 0 aliphatic carbocycles. The summed E-state index contributed by atoms with van der Waals surface area (Å²) >= 11 is 3.72. The molecule has 1 saturated heterocycles. The Bertz CT molecular complexity index is 1080. The van der Waals surface area contributed by atoms with Gasteiger partial charge in [0.1, 0.15) is 6.04 Å². The SMILES string of the molecule is O=C(Nc1ccc2nc(SCCC(F)(F)F)sc2c1)C1CCCN1C(=O)c1cccs1. The molecule has 2 amide bonds. The Morgan fingerprint density at radius 1 is 1.29 bits per heavy atom. The highest BCUT2D eigenvalue weighted by Gasteiger charge is 2.35. The third kappa shape index (κ3) is 5.39. The molecule has 0 saturated carbocycles. The van der Waals surface area contributed by atoms with Gasteiger partial charge < -0.3 is 10.2 Å². The summed E-state index contributed by atoms with van der Waals surface area (Å²) in [5.74, 6) is -0.458. The van der Waals surface area contributed by atoms with Gasteiger partial charge in [-0.2, -0.15) is 13.2 Å². The van der Waals surface area contributed by atoms with E-state index in [1.807, 2.05) is 11.4 Å². The Balaban J connectivity index is 1.41. The van der Waals surface area contributed by atoms with Gasteiger partial charge >= 0.3 is 6.18 Å². The number of thiazole rings is 1. The van der Waals surface area contributed by atoms with Crippen LogP contribution in [0.3, 0.4) is 0 Å². The Hall–Kier alpha value is -2.11. The maximum absolute atomic E-state index is 12.9. The topological polar surface area (TPSA) is 62.3 Å². The number of amides is 2. The fraction of sp³-hybridized carbons (Fsp3) is 0.350. The van der Waals surface area contributed by atoms with Crippen LogP contribution in [0, 0.1) is 0 Å². The molecule has 1 fully saturated rings. The molecule has 4 rings (SSSR count). The van der Waals surface area contributed by atoms with Crippen LogP contribution in [0.25, 0.3) is 10.2 Å². The second-order valence-corrected chi connectivity index (χ2v) is 10.3. The van der Waals surface area contributed by atoms with Gasteiger partial charge in [-0.1, -0.05) is 17.8 Å². The number of anilines is 1. The van der Waals surface area contributed by atoms with Crippen molar-refractivity contribution >= 4 is 62.2 Å². The highest BCUT2D eigenvalue weighted by molar-refractivity contribution is 8.01. The molecular formula is C20H18F3N3O2S3. The zero-order chi connectivity index (χ0) is 22.0. The first kappa shape index (κ1) is 22.1. The molecule has 0 spiro atoms. The molecule has 1 atom stereocenters. The van der Waals surface area contributed by atoms with E-state index in [0.717, 1.165) is 22.9 Å². The Labute approximate surface area is 188 Å². The van der Waals surface area contributed by atoms with Gasteiger partial charge in [-0.25, -0.2) is 4.98 Å². The van der Waals surface area contributed by atoms with E-state index in [0.29, 0.717) is 33.4 Å². The number of thiophene rings is 1. The summed E-state index contributed by atoms with van der Waals surface area (Å²) in [6, 6.07) is 8.24. The number of nitrogens with one attached hydrogen (secondary N) is 1. The summed E-state index contributed by atoms with van der Waals surface area (Å²) in [4.78, 5) is 32.1. The number of benzene rings is 1. The molecule has 3 aromatic rings. The number of nitrogens with zero attached hydrogens (tertiary/aromatic N) is 2. The van der Waals surface area contributed by atoms with Gasteiger partial charge in [0.05, 0.1) is 21.5 Å². The van der Waals surface area contributed by atoms with Crippen LogP contribution in [0.1, 0.15) is 28.9 Å². The fourth-order valence-corrected chi connectivity index (χ4v) is 6.19. The van der Waals surface area contributed by atoms with Crippen molar-refractivity contribution in [3.05, 3.63) is 40.6 Å². The van der Waals surface area contributed by atoms with Crippen molar-refractivity contribution in [2.75, 3.05) is 17.6 Å². The number of hydrogen-bond acceptors (Lipinski definition) is 6. The minimum absolute atomic E-state index is 0.0807. The van der Waals surface area contributed by atoms with Crippen molar-refractivity contribution in [1.29, 1.82) is 0 Å². The van der Waals surface area contributed by atoms with Crippen molar-refractivity contribution in [2.24, 2.45) is 0 Å². The maximum Gasteiger partial charge on any atom is 0.389 e. The zero-order valence-electron chi connectivity index (χ0n) is 16.1. The van der Waals surface area contributed by atoms with Crippen molar-refractivity contribution in [3.63, 3.8) is 0 Å². The van der Waals surface area contributed by atoms with E-state index >= 15 is 0 Å². The first-order valence-electron chi connectivity index (χ1n) is 9.56. The smallest absolute Gasteiger partial charge is 0.326 e. The standard InChI is InChI=1S/C20H18F3N3O2S3/c21-20(22,23)7-10-30-19-25-13-6-5-12(11-16(13)31-19)24-17(27)14-3-1-8-26(14)18(28)15-4-2-9-29-15/h2,4-6,9,11,14H,1,3,7-8,10H2,(H,24,27). The summed E-state index contributed by atoms with van der Waals surface area (Å²) in [6.45, 7) is 0.543. The molecule has 3 heterocycles. The molecule has 164 valence electrons. The number of rotatable bonds is 6. The van der Waals surface area contributed by atoms with E-state index < -0.39 is 18.6 Å². The normalized spacial score (nSPS) is 16.7. The number of thioether (sulfide) groups is 1. The number of likely N-dealkylation sites (tertiary alicyclic amines) is 1. The van der Waals surface area contributed by atoms with E-state index in [-0.39, 0.29) is 17.6 Å². The Morgan fingerprint density at radius 3 is 2.87 bits per heavy atom. The van der Waals surface area contributed by atoms with Crippen LogP contribution in [0.4, 0.5) is 18.9 Å². The van der Waals surface area contributed by atoms with Crippen LogP contribution < -0.4 is 5.32 Å². The van der Waals surface area contributed by atoms with Crippen LogP contribution >= 0.6 is 34.4 Å². The summed E-state index contributed by atoms with van der Waals surface area (Å²) < 4.78 is 38.3. The monoisotopic (exact) mass is 485 g/mol. The second-order valence-electron chi connectivity index (χ2n) is 7.00. The first-order valence-corrected chi connectivity index (χ1v) is 12.2. The van der Waals surface area contributed by atoms with Gasteiger partial charge in [0, 0.05) is 18.0 Å². The number of halogens is 3. The average Bonchev–Trinajstić information content (AvgIpc) is 3.45. The molecule has 5 nitrogen and oxygen atoms in total. The molecule has 2 aromatic heterocycles. The maximum atomic E-state index is 12.9. The lowest BCUT2D eigenvalue weighted by Crippen LogP contribution is -2.42. The molecule has 1 aliphatic rings. The molecule has 0 radical (unpaired) electrons. The van der Waals surface area contributed by atoms with Crippen molar-refractivity contribution in [3.8, 4) is 0 Å². The van der Waals surface area contributed by atoms with Crippen molar-refractivity contribution < 1.29 is 22.8 Å². The van der Waals surface area contributed by atoms with Crippen LogP contribution in [-0.2, 0) is 4.79 Å². The highest BCUT2D eigenvalue weighted by Crippen LogP contribution is 2.33. The third-order valence-electron chi connectivity index (χ3n) is 4.80. The molecule has 1 aliphatic heterocycles. The number of carbonyl (C=O) groups excluding carboxylic acids is 2. The molecule has 11 heteroatoms. The van der Waals surface area contributed by atoms with Gasteiger partial charge in [-0.3, -0.25) is 9.59 Å². The first-order chi connectivity index (χ1) is 14.8. The fourth-order valence-electron chi connectivity index (χ4n) is 3.35. The predicted octanol–water partition coefficient (Wildman–Crippen LogP) is 5.65. The summed E-state index contributed by atoms with van der Waals surface area (Å²) in [5, 5.41) is 4.70. The predicted molar refractivity (Wildman–Crippen MR) is 118 cm³/mol. The second kappa shape index (κ2) is 9.17. The minimum Gasteiger partial charge on any atom is -0.326 e. The number of carbonyl (C=O) groups is 2. The highest BCUT2D eigenvalue weighted by atomic mass is 32.2. The van der Waals surface area contributed by atoms with Crippen molar-refractivity contribution in [1.82, 2.24) is 9.88 Å². The molecule has 0 bridgehead atoms. The average molecular weight is 486 g/mol. The van der Waals surface area contributed by atoms with Gasteiger partial charge in [-0.05, 0) is 42.5 Å². The van der Waals surface area contributed by atoms with Crippen LogP contribution in [0.2, 0.25) is 0 Å². The van der Waals surface area contributed by atoms with Gasteiger partial charge in [0.25, 0.3) is 5.91 Å². The number of aromatic nitrogens is 1. The van der Waals surface area contributed by atoms with Gasteiger partial charge in [-0.15, -0.1) is 22.7 Å². The van der Waals surface area contributed by atoms with Gasteiger partial charge in [0.15, 0.2) is 4.34 Å². The van der Waals surface area contributed by atoms with Crippen LogP contribution in [-0.4, -0.2) is 46.2 Å². The van der Waals surface area contributed by atoms with Crippen LogP contribution in [0.5, 0.6) is 0 Å². The van der Waals surface area contributed by atoms with E-state index in [1.54, 1.807) is 29.2 Å². The third-order valence-corrected chi connectivity index (χ3v) is 7.82. The Kier molecular flexibility index (Phi) is 6.54. The molecular weight excluding hydrogens is 467 g/mol. The number of hydrogen-bond donors (Lipinski definition) is 1. The summed E-state index contributed by atoms with van der Waals surface area (Å²) in [7, 11) is 0. The summed E-state index contributed by atoms with van der Waals surface area (Å²) in [6.07, 6.45) is -3.68. The van der Waals surface area contributed by atoms with Crippen LogP contribution in [0.15, 0.2) is 40.1 Å². The van der Waals surface area contributed by atoms with E-state index in [2.05, 4.69) is 10.3 Å². The summed E-state index contributed by atoms with van der Waals surface area (Å²) in [5.41, 5.74) is 1.25. The number of fused-ring (bicyclic) bond motifs is 1. The quantitative estimate of drug-likeness (QED) is 0.459. The minimum atomic E-state index is -4.18. The lowest BCUT2D eigenvalue weighted by Gasteiger charge is -2.23. The molecule has 1 unspecified atom stereocenters. The molecule has 1 aromatic carbocycles. The largest absolute Gasteiger partial charge is 0.389 e. The van der Waals surface area contributed by atoms with E-state index in [4.69, 9.17) is 0 Å². The van der Waals surface area contributed by atoms with Crippen molar-refractivity contribution in [2.45, 2.75) is 35.8 Å². The van der Waals surface area contributed by atoms with Gasteiger partial charge in [0.2, 0.25) is 5.91 Å². The zero-order valence-corrected chi connectivity index (χ0v) is 18.6. The van der Waals surface area contributed by atoms with E-state index in [1.165, 1.54) is 22.7 Å². The van der Waals surface area contributed by atoms with E-state index in [9.17, 15) is 22.8 Å².